The lowest BCUT2D eigenvalue weighted by Crippen LogP contribution is -2.48. The lowest BCUT2D eigenvalue weighted by molar-refractivity contribution is -0.00835. The number of urea groups is 1. The van der Waals surface area contributed by atoms with Crippen LogP contribution >= 0.6 is 0 Å². The fraction of sp³-hybridized carbons (Fsp3) is 0.514. The van der Waals surface area contributed by atoms with Gasteiger partial charge in [0.05, 0.1) is 30.4 Å². The Bertz CT molecular complexity index is 1800. The summed E-state index contributed by atoms with van der Waals surface area (Å²) in [6.45, 7) is 8.94. The molecule has 3 heterocycles. The maximum absolute atomic E-state index is 14.4. The van der Waals surface area contributed by atoms with Gasteiger partial charge in [0.2, 0.25) is 16.8 Å². The second-order valence-electron chi connectivity index (χ2n) is 13.1. The number of ether oxygens (including phenoxy) is 4. The van der Waals surface area contributed by atoms with Crippen LogP contribution in [0.25, 0.3) is 0 Å². The third-order valence-corrected chi connectivity index (χ3v) is 11.1. The van der Waals surface area contributed by atoms with E-state index in [4.69, 9.17) is 23.5 Å². The molecule has 3 N–H and O–H groups in total. The fourth-order valence-electron chi connectivity index (χ4n) is 6.08. The molecular formula is C35H47N5O10S. The Kier molecular flexibility index (Phi) is 12.1. The number of hydrogen-bond donors (Lipinski definition) is 3. The highest BCUT2D eigenvalue weighted by molar-refractivity contribution is 7.89. The van der Waals surface area contributed by atoms with Crippen LogP contribution in [0, 0.1) is 19.8 Å². The third-order valence-electron chi connectivity index (χ3n) is 9.01. The molecule has 1 aromatic heterocycles. The van der Waals surface area contributed by atoms with Gasteiger partial charge in [-0.2, -0.15) is 4.31 Å². The number of sulfonamides is 1. The summed E-state index contributed by atoms with van der Waals surface area (Å²) in [5.74, 6) is 0.838. The average Bonchev–Trinajstić information content (AvgIpc) is 3.70. The van der Waals surface area contributed by atoms with Gasteiger partial charge in [0.15, 0.2) is 17.3 Å². The number of aryl methyl sites for hydroxylation is 2. The lowest BCUT2D eigenvalue weighted by atomic mass is 10.0. The van der Waals surface area contributed by atoms with Crippen LogP contribution < -0.4 is 24.8 Å². The number of carbonyl (C=O) groups excluding carboxylic acids is 2. The van der Waals surface area contributed by atoms with Gasteiger partial charge in [-0.05, 0) is 77.3 Å². The van der Waals surface area contributed by atoms with E-state index in [9.17, 15) is 23.1 Å². The largest absolute Gasteiger partial charge is 0.490 e. The number of aliphatic hydroxyl groups excluding tert-OH is 1. The molecule has 0 spiro atoms. The zero-order valence-corrected chi connectivity index (χ0v) is 30.6. The first-order chi connectivity index (χ1) is 24.3. The highest BCUT2D eigenvalue weighted by atomic mass is 32.2. The second-order valence-corrected chi connectivity index (χ2v) is 15.1. The molecule has 0 saturated carbocycles. The van der Waals surface area contributed by atoms with E-state index in [1.807, 2.05) is 13.8 Å². The number of nitrogens with one attached hydrogen (secondary N) is 2. The van der Waals surface area contributed by atoms with Crippen molar-refractivity contribution in [2.45, 2.75) is 77.0 Å². The second kappa shape index (κ2) is 16.3. The Hall–Kier alpha value is -4.38. The number of hydrogen-bond acceptors (Lipinski definition) is 11. The number of anilines is 2. The van der Waals surface area contributed by atoms with E-state index in [-0.39, 0.29) is 60.4 Å². The van der Waals surface area contributed by atoms with Crippen molar-refractivity contribution in [1.82, 2.24) is 14.4 Å². The highest BCUT2D eigenvalue weighted by Gasteiger charge is 2.34. The van der Waals surface area contributed by atoms with Crippen molar-refractivity contribution in [2.75, 3.05) is 50.8 Å². The Balaban J connectivity index is 1.40. The minimum atomic E-state index is -3.96. The van der Waals surface area contributed by atoms with Crippen LogP contribution in [0.15, 0.2) is 45.8 Å². The minimum absolute atomic E-state index is 0.00570. The minimum Gasteiger partial charge on any atom is -0.490 e. The Morgan fingerprint density at radius 2 is 1.75 bits per heavy atom. The van der Waals surface area contributed by atoms with E-state index >= 15 is 0 Å². The molecule has 0 radical (unpaired) electrons. The quantitative estimate of drug-likeness (QED) is 0.290. The van der Waals surface area contributed by atoms with E-state index in [2.05, 4.69) is 15.8 Å². The smallest absolute Gasteiger partial charge is 0.323 e. The summed E-state index contributed by atoms with van der Waals surface area (Å²) in [5, 5.41) is 19.6. The van der Waals surface area contributed by atoms with Crippen molar-refractivity contribution in [2.24, 2.45) is 5.92 Å². The van der Waals surface area contributed by atoms with Gasteiger partial charge in [-0.15, -0.1) is 0 Å². The number of fused-ring (bicyclic) bond motifs is 2. The summed E-state index contributed by atoms with van der Waals surface area (Å²) < 4.78 is 56.9. The molecule has 0 bridgehead atoms. The molecule has 3 aromatic rings. The molecule has 0 fully saturated rings. The molecule has 51 heavy (non-hydrogen) atoms. The molecule has 2 aliphatic rings. The maximum Gasteiger partial charge on any atom is 0.323 e. The van der Waals surface area contributed by atoms with E-state index < -0.39 is 34.1 Å². The van der Waals surface area contributed by atoms with Crippen molar-refractivity contribution in [3.05, 3.63) is 53.4 Å². The molecule has 5 rings (SSSR count). The van der Waals surface area contributed by atoms with Gasteiger partial charge >= 0.3 is 6.03 Å². The molecule has 0 unspecified atom stereocenters. The first kappa shape index (κ1) is 37.9. The number of carbonyl (C=O) groups is 2. The van der Waals surface area contributed by atoms with Crippen molar-refractivity contribution < 1.29 is 46.6 Å². The van der Waals surface area contributed by atoms with E-state index in [1.54, 1.807) is 57.2 Å². The van der Waals surface area contributed by atoms with Crippen LogP contribution in [-0.2, 0) is 14.8 Å². The molecule has 4 atom stereocenters. The molecule has 278 valence electrons. The summed E-state index contributed by atoms with van der Waals surface area (Å²) in [4.78, 5) is 29.0. The van der Waals surface area contributed by atoms with Crippen LogP contribution in [0.4, 0.5) is 16.2 Å². The summed E-state index contributed by atoms with van der Waals surface area (Å²) >= 11 is 0. The van der Waals surface area contributed by atoms with E-state index in [0.717, 1.165) is 6.42 Å². The molecule has 15 nitrogen and oxygen atoms in total. The summed E-state index contributed by atoms with van der Waals surface area (Å²) in [6, 6.07) is 8.74. The van der Waals surface area contributed by atoms with Crippen molar-refractivity contribution in [3.8, 4) is 17.2 Å². The Morgan fingerprint density at radius 3 is 2.43 bits per heavy atom. The zero-order chi connectivity index (χ0) is 36.9. The summed E-state index contributed by atoms with van der Waals surface area (Å²) in [5.41, 5.74) is 1.29. The van der Waals surface area contributed by atoms with Crippen molar-refractivity contribution in [1.29, 1.82) is 0 Å². The number of amides is 3. The van der Waals surface area contributed by atoms with Gasteiger partial charge in [0, 0.05) is 50.1 Å². The zero-order valence-electron chi connectivity index (χ0n) is 29.8. The average molecular weight is 730 g/mol. The topological polar surface area (TPSA) is 182 Å². The van der Waals surface area contributed by atoms with Gasteiger partial charge in [-0.1, -0.05) is 12.1 Å². The highest BCUT2D eigenvalue weighted by Crippen LogP contribution is 2.34. The van der Waals surface area contributed by atoms with E-state index in [0.29, 0.717) is 48.1 Å². The standard InChI is InChI=1S/C35H47N5O10S/c1-21-17-40(22(2)19-41)34(42)28-15-26(36-35(43)37-27-11-13-30-31(16-27)48-20-47-30)10-12-29(28)49-23(3)9-7-8-14-46-32(21)18-39(6)51(44,45)33-24(4)38-50-25(33)5/h10-13,15-16,21-23,32,41H,7-9,14,17-20H2,1-6H3,(H2,36,37,43)/t21-,22-,23-,32+/m1/s1. The van der Waals surface area contributed by atoms with Crippen LogP contribution in [0.1, 0.15) is 61.8 Å². The number of aliphatic hydroxyl groups is 1. The number of benzene rings is 2. The summed E-state index contributed by atoms with van der Waals surface area (Å²) in [6.07, 6.45) is 1.30. The first-order valence-corrected chi connectivity index (χ1v) is 18.4. The van der Waals surface area contributed by atoms with Gasteiger partial charge in [-0.25, -0.2) is 13.2 Å². The monoisotopic (exact) mass is 729 g/mol. The first-order valence-electron chi connectivity index (χ1n) is 17.0. The normalized spacial score (nSPS) is 20.7. The van der Waals surface area contributed by atoms with Crippen LogP contribution in [0.3, 0.4) is 0 Å². The SMILES string of the molecule is Cc1noc(C)c1S(=O)(=O)N(C)C[C@@H]1OCCCC[C@@H](C)Oc2ccc(NC(=O)Nc3ccc4c(c3)OCO4)cc2C(=O)N([C@H](C)CO)C[C@H]1C. The number of likely N-dealkylation sites (N-methyl/N-ethyl adjacent to an activating group) is 1. The van der Waals surface area contributed by atoms with Gasteiger partial charge in [0.25, 0.3) is 5.91 Å². The molecule has 2 aromatic carbocycles. The Morgan fingerprint density at radius 1 is 1.06 bits per heavy atom. The molecule has 3 amide bonds. The predicted octanol–water partition coefficient (Wildman–Crippen LogP) is 4.78. The predicted molar refractivity (Wildman–Crippen MR) is 188 cm³/mol. The molecule has 0 aliphatic carbocycles. The summed E-state index contributed by atoms with van der Waals surface area (Å²) in [7, 11) is -2.48. The number of rotatable bonds is 8. The third kappa shape index (κ3) is 8.92. The van der Waals surface area contributed by atoms with Crippen LogP contribution in [0.2, 0.25) is 0 Å². The van der Waals surface area contributed by atoms with Crippen LogP contribution in [0.5, 0.6) is 17.2 Å². The van der Waals surface area contributed by atoms with Gasteiger partial charge in [0.1, 0.15) is 16.3 Å². The maximum atomic E-state index is 14.4. The van der Waals surface area contributed by atoms with Crippen molar-refractivity contribution >= 4 is 33.3 Å². The van der Waals surface area contributed by atoms with Gasteiger partial charge in [-0.3, -0.25) is 4.79 Å². The molecule has 2 aliphatic heterocycles. The molecule has 16 heteroatoms. The molecule has 0 saturated heterocycles. The fourth-order valence-corrected chi connectivity index (χ4v) is 7.55. The lowest BCUT2D eigenvalue weighted by Gasteiger charge is -2.35. The van der Waals surface area contributed by atoms with E-state index in [1.165, 1.54) is 16.3 Å². The van der Waals surface area contributed by atoms with Gasteiger partial charge < -0.3 is 44.1 Å². The van der Waals surface area contributed by atoms with Crippen LogP contribution in [-0.4, -0.2) is 98.2 Å². The Labute approximate surface area is 298 Å². The van der Waals surface area contributed by atoms with Crippen molar-refractivity contribution in [3.63, 3.8) is 0 Å². The molecular weight excluding hydrogens is 682 g/mol. The number of nitrogens with zero attached hydrogens (tertiary/aromatic N) is 3. The number of aromatic nitrogens is 1.